The Bertz CT molecular complexity index is 531. The molecule has 2 aromatic rings. The number of aromatic nitrogens is 2. The lowest BCUT2D eigenvalue weighted by atomic mass is 9.95. The van der Waals surface area contributed by atoms with Gasteiger partial charge in [-0.3, -0.25) is 9.58 Å². The Kier molecular flexibility index (Phi) is 3.71. The SMILES string of the molecule is CC(c1ccccc1)N1CC(Cn2cc(Br)cn2)C1. The molecule has 1 aliphatic rings. The third-order valence-electron chi connectivity index (χ3n) is 3.86. The zero-order valence-corrected chi connectivity index (χ0v) is 12.6. The zero-order valence-electron chi connectivity index (χ0n) is 11.0. The van der Waals surface area contributed by atoms with Crippen molar-refractivity contribution in [3.05, 3.63) is 52.8 Å². The van der Waals surface area contributed by atoms with E-state index in [0.717, 1.165) is 30.0 Å². The fourth-order valence-electron chi connectivity index (χ4n) is 2.69. The molecule has 1 saturated heterocycles. The minimum Gasteiger partial charge on any atom is -0.296 e. The molecular formula is C15H18BrN3. The van der Waals surface area contributed by atoms with Crippen LogP contribution in [0.3, 0.4) is 0 Å². The summed E-state index contributed by atoms with van der Waals surface area (Å²) >= 11 is 3.43. The largest absolute Gasteiger partial charge is 0.296 e. The van der Waals surface area contributed by atoms with Crippen LogP contribution < -0.4 is 0 Å². The van der Waals surface area contributed by atoms with Crippen LogP contribution in [-0.4, -0.2) is 27.8 Å². The van der Waals surface area contributed by atoms with E-state index in [4.69, 9.17) is 0 Å². The smallest absolute Gasteiger partial charge is 0.0632 e. The van der Waals surface area contributed by atoms with Crippen molar-refractivity contribution in [1.29, 1.82) is 0 Å². The molecule has 0 amide bonds. The summed E-state index contributed by atoms with van der Waals surface area (Å²) in [5.74, 6) is 0.720. The van der Waals surface area contributed by atoms with Gasteiger partial charge in [0.15, 0.2) is 0 Å². The summed E-state index contributed by atoms with van der Waals surface area (Å²) in [7, 11) is 0. The predicted molar refractivity (Wildman–Crippen MR) is 79.8 cm³/mol. The molecule has 0 N–H and O–H groups in total. The van der Waals surface area contributed by atoms with Crippen LogP contribution >= 0.6 is 15.9 Å². The molecule has 1 aromatic carbocycles. The first-order valence-corrected chi connectivity index (χ1v) is 7.48. The van der Waals surface area contributed by atoms with Gasteiger partial charge in [0.2, 0.25) is 0 Å². The summed E-state index contributed by atoms with van der Waals surface area (Å²) in [5.41, 5.74) is 1.41. The van der Waals surface area contributed by atoms with E-state index in [2.05, 4.69) is 63.2 Å². The molecule has 19 heavy (non-hydrogen) atoms. The molecule has 0 aliphatic carbocycles. The van der Waals surface area contributed by atoms with Crippen molar-refractivity contribution >= 4 is 15.9 Å². The van der Waals surface area contributed by atoms with E-state index in [-0.39, 0.29) is 0 Å². The van der Waals surface area contributed by atoms with Crippen molar-refractivity contribution < 1.29 is 0 Å². The normalized spacial score (nSPS) is 18.2. The van der Waals surface area contributed by atoms with Crippen molar-refractivity contribution in [2.45, 2.75) is 19.5 Å². The molecule has 100 valence electrons. The molecule has 1 aliphatic heterocycles. The third-order valence-corrected chi connectivity index (χ3v) is 4.27. The van der Waals surface area contributed by atoms with E-state index in [1.54, 1.807) is 0 Å². The van der Waals surface area contributed by atoms with Crippen molar-refractivity contribution in [1.82, 2.24) is 14.7 Å². The predicted octanol–water partition coefficient (Wildman–Crippen LogP) is 3.34. The summed E-state index contributed by atoms with van der Waals surface area (Å²) in [6.07, 6.45) is 3.90. The van der Waals surface area contributed by atoms with Gasteiger partial charge in [-0.15, -0.1) is 0 Å². The molecule has 1 fully saturated rings. The Hall–Kier alpha value is -1.13. The van der Waals surface area contributed by atoms with Gasteiger partial charge in [0.25, 0.3) is 0 Å². The number of hydrogen-bond donors (Lipinski definition) is 0. The molecule has 0 spiro atoms. The Morgan fingerprint density at radius 2 is 2.05 bits per heavy atom. The highest BCUT2D eigenvalue weighted by Gasteiger charge is 2.31. The molecule has 1 aromatic heterocycles. The summed E-state index contributed by atoms with van der Waals surface area (Å²) in [4.78, 5) is 2.53. The minimum atomic E-state index is 0.516. The second-order valence-electron chi connectivity index (χ2n) is 5.29. The van der Waals surface area contributed by atoms with Crippen LogP contribution in [0.1, 0.15) is 18.5 Å². The maximum absolute atomic E-state index is 4.32. The maximum Gasteiger partial charge on any atom is 0.0632 e. The third kappa shape index (κ3) is 2.90. The lowest BCUT2D eigenvalue weighted by Crippen LogP contribution is -2.49. The number of halogens is 1. The monoisotopic (exact) mass is 319 g/mol. The highest BCUT2D eigenvalue weighted by molar-refractivity contribution is 9.10. The van der Waals surface area contributed by atoms with E-state index in [9.17, 15) is 0 Å². The van der Waals surface area contributed by atoms with Crippen molar-refractivity contribution in [2.75, 3.05) is 13.1 Å². The van der Waals surface area contributed by atoms with Crippen molar-refractivity contribution in [3.8, 4) is 0 Å². The van der Waals surface area contributed by atoms with E-state index < -0.39 is 0 Å². The first kappa shape index (κ1) is 12.9. The Labute approximate surface area is 122 Å². The number of rotatable bonds is 4. The van der Waals surface area contributed by atoms with Gasteiger partial charge in [-0.2, -0.15) is 5.10 Å². The number of likely N-dealkylation sites (tertiary alicyclic amines) is 1. The van der Waals surface area contributed by atoms with Crippen LogP contribution in [0.2, 0.25) is 0 Å². The van der Waals surface area contributed by atoms with E-state index in [1.807, 2.05) is 17.1 Å². The summed E-state index contributed by atoms with van der Waals surface area (Å²) in [6, 6.07) is 11.2. The first-order chi connectivity index (χ1) is 9.22. The minimum absolute atomic E-state index is 0.516. The van der Waals surface area contributed by atoms with Crippen LogP contribution in [-0.2, 0) is 6.54 Å². The Balaban J connectivity index is 1.52. The van der Waals surface area contributed by atoms with Gasteiger partial charge in [0, 0.05) is 37.8 Å². The van der Waals surface area contributed by atoms with Gasteiger partial charge in [0.05, 0.1) is 10.7 Å². The van der Waals surface area contributed by atoms with Gasteiger partial charge >= 0.3 is 0 Å². The average molecular weight is 320 g/mol. The summed E-state index contributed by atoms with van der Waals surface area (Å²) < 4.78 is 3.08. The van der Waals surface area contributed by atoms with E-state index in [0.29, 0.717) is 6.04 Å². The molecule has 3 rings (SSSR count). The maximum atomic E-state index is 4.32. The molecule has 1 unspecified atom stereocenters. The average Bonchev–Trinajstić information content (AvgIpc) is 2.79. The molecule has 0 bridgehead atoms. The summed E-state index contributed by atoms with van der Waals surface area (Å²) in [5, 5.41) is 4.32. The van der Waals surface area contributed by atoms with Gasteiger partial charge in [-0.25, -0.2) is 0 Å². The first-order valence-electron chi connectivity index (χ1n) is 6.69. The lowest BCUT2D eigenvalue weighted by Gasteiger charge is -2.43. The molecule has 2 heterocycles. The topological polar surface area (TPSA) is 21.1 Å². The quantitative estimate of drug-likeness (QED) is 0.861. The van der Waals surface area contributed by atoms with Crippen LogP contribution in [0.5, 0.6) is 0 Å². The fraction of sp³-hybridized carbons (Fsp3) is 0.400. The van der Waals surface area contributed by atoms with Crippen molar-refractivity contribution in [3.63, 3.8) is 0 Å². The van der Waals surface area contributed by atoms with E-state index >= 15 is 0 Å². The number of hydrogen-bond acceptors (Lipinski definition) is 2. The molecule has 1 atom stereocenters. The molecule has 4 heteroatoms. The molecular weight excluding hydrogens is 302 g/mol. The Morgan fingerprint density at radius 3 is 2.68 bits per heavy atom. The fourth-order valence-corrected chi connectivity index (χ4v) is 3.01. The Morgan fingerprint density at radius 1 is 1.32 bits per heavy atom. The van der Waals surface area contributed by atoms with Crippen LogP contribution in [0.15, 0.2) is 47.2 Å². The van der Waals surface area contributed by atoms with Gasteiger partial charge in [0.1, 0.15) is 0 Å². The highest BCUT2D eigenvalue weighted by Crippen LogP contribution is 2.29. The zero-order chi connectivity index (χ0) is 13.2. The summed E-state index contributed by atoms with van der Waals surface area (Å²) in [6.45, 7) is 5.63. The van der Waals surface area contributed by atoms with Crippen LogP contribution in [0, 0.1) is 5.92 Å². The van der Waals surface area contributed by atoms with Gasteiger partial charge in [-0.05, 0) is 28.4 Å². The molecule has 0 saturated carbocycles. The molecule has 0 radical (unpaired) electrons. The van der Waals surface area contributed by atoms with Gasteiger partial charge < -0.3 is 0 Å². The number of nitrogens with zero attached hydrogens (tertiary/aromatic N) is 3. The highest BCUT2D eigenvalue weighted by atomic mass is 79.9. The second-order valence-corrected chi connectivity index (χ2v) is 6.20. The van der Waals surface area contributed by atoms with Crippen molar-refractivity contribution in [2.24, 2.45) is 5.92 Å². The molecule has 3 nitrogen and oxygen atoms in total. The van der Waals surface area contributed by atoms with E-state index in [1.165, 1.54) is 5.56 Å². The van der Waals surface area contributed by atoms with Crippen LogP contribution in [0.4, 0.5) is 0 Å². The van der Waals surface area contributed by atoms with Crippen LogP contribution in [0.25, 0.3) is 0 Å². The lowest BCUT2D eigenvalue weighted by molar-refractivity contribution is 0.0478. The van der Waals surface area contributed by atoms with Gasteiger partial charge in [-0.1, -0.05) is 30.3 Å². The number of benzene rings is 1. The standard InChI is InChI=1S/C15H18BrN3/c1-12(14-5-3-2-4-6-14)18-8-13(9-18)10-19-11-15(16)7-17-19/h2-7,11-13H,8-10H2,1H3. The second kappa shape index (κ2) is 5.47.